The molecule has 1 aliphatic carbocycles. The number of rotatable bonds is 6. The molecule has 136 valence electrons. The summed E-state index contributed by atoms with van der Waals surface area (Å²) < 4.78 is 5.68. The van der Waals surface area contributed by atoms with E-state index in [9.17, 15) is 9.59 Å². The van der Waals surface area contributed by atoms with Crippen molar-refractivity contribution < 1.29 is 19.4 Å². The summed E-state index contributed by atoms with van der Waals surface area (Å²) in [5, 5.41) is 14.9. The molecule has 0 radical (unpaired) electrons. The number of ether oxygens (including phenoxy) is 1. The van der Waals surface area contributed by atoms with E-state index in [4.69, 9.17) is 9.84 Å². The summed E-state index contributed by atoms with van der Waals surface area (Å²) in [7, 11) is 0. The number of carbonyl (C=O) groups excluding carboxylic acids is 1. The molecule has 25 heavy (non-hydrogen) atoms. The number of carboxylic acids is 1. The molecule has 3 N–H and O–H groups in total. The average Bonchev–Trinajstić information content (AvgIpc) is 2.55. The Hall–Kier alpha value is -2.28. The fraction of sp³-hybridized carbons (Fsp3) is 0.556. The van der Waals surface area contributed by atoms with Gasteiger partial charge in [0.05, 0.1) is 12.6 Å². The molecule has 1 unspecified atom stereocenters. The van der Waals surface area contributed by atoms with Gasteiger partial charge in [-0.15, -0.1) is 0 Å². The van der Waals surface area contributed by atoms with E-state index in [1.54, 1.807) is 0 Å². The number of fused-ring (bicyclic) bond motifs is 1. The molecule has 2 amide bonds. The summed E-state index contributed by atoms with van der Waals surface area (Å²) in [5.74, 6) is 0.0782. The minimum atomic E-state index is -0.811. The van der Waals surface area contributed by atoms with Crippen molar-refractivity contribution in [2.75, 3.05) is 19.7 Å². The van der Waals surface area contributed by atoms with Crippen molar-refractivity contribution in [3.05, 3.63) is 29.8 Å². The molecular weight excluding hydrogens is 322 g/mol. The van der Waals surface area contributed by atoms with Crippen LogP contribution in [-0.2, 0) is 11.2 Å². The third-order valence-corrected chi connectivity index (χ3v) is 4.92. The lowest BCUT2D eigenvalue weighted by molar-refractivity contribution is -0.139. The van der Waals surface area contributed by atoms with E-state index in [1.807, 2.05) is 36.1 Å². The van der Waals surface area contributed by atoms with Crippen LogP contribution >= 0.6 is 0 Å². The van der Waals surface area contributed by atoms with E-state index >= 15 is 0 Å². The number of hydrogen-bond donors (Lipinski definition) is 3. The Morgan fingerprint density at radius 1 is 1.24 bits per heavy atom. The first-order valence-corrected chi connectivity index (χ1v) is 8.78. The Bertz CT molecular complexity index is 631. The molecule has 1 aromatic carbocycles. The summed E-state index contributed by atoms with van der Waals surface area (Å²) in [5.41, 5.74) is 1.11. The molecule has 1 saturated carbocycles. The largest absolute Gasteiger partial charge is 0.491 e. The van der Waals surface area contributed by atoms with Crippen LogP contribution in [0.15, 0.2) is 24.3 Å². The Kier molecular flexibility index (Phi) is 5.43. The van der Waals surface area contributed by atoms with Crippen LogP contribution in [0.1, 0.15) is 25.3 Å². The molecule has 0 spiro atoms. The second kappa shape index (κ2) is 7.74. The normalized spacial score (nSPS) is 24.6. The maximum absolute atomic E-state index is 12.2. The number of carbonyl (C=O) groups is 2. The highest BCUT2D eigenvalue weighted by Gasteiger charge is 2.35. The second-order valence-corrected chi connectivity index (χ2v) is 6.72. The number of para-hydroxylation sites is 1. The fourth-order valence-corrected chi connectivity index (χ4v) is 3.51. The molecule has 7 nitrogen and oxygen atoms in total. The third-order valence-electron chi connectivity index (χ3n) is 4.92. The van der Waals surface area contributed by atoms with E-state index in [0.29, 0.717) is 13.2 Å². The summed E-state index contributed by atoms with van der Waals surface area (Å²) in [6.45, 7) is 3.19. The Labute approximate surface area is 147 Å². The van der Waals surface area contributed by atoms with Crippen LogP contribution in [-0.4, -0.2) is 59.8 Å². The van der Waals surface area contributed by atoms with Gasteiger partial charge in [-0.1, -0.05) is 25.1 Å². The van der Waals surface area contributed by atoms with E-state index in [-0.39, 0.29) is 30.7 Å². The number of hydrogen-bond acceptors (Lipinski definition) is 4. The number of urea groups is 1. The molecule has 3 rings (SSSR count). The van der Waals surface area contributed by atoms with Gasteiger partial charge >= 0.3 is 12.0 Å². The summed E-state index contributed by atoms with van der Waals surface area (Å²) in [6.07, 6.45) is 2.34. The predicted octanol–water partition coefficient (Wildman–Crippen LogP) is 1.23. The third kappa shape index (κ3) is 4.42. The Morgan fingerprint density at radius 2 is 1.96 bits per heavy atom. The van der Waals surface area contributed by atoms with Crippen molar-refractivity contribution in [2.45, 2.75) is 44.3 Å². The Balaban J connectivity index is 1.40. The number of benzene rings is 1. The van der Waals surface area contributed by atoms with E-state index < -0.39 is 5.97 Å². The molecule has 1 heterocycles. The predicted molar refractivity (Wildman–Crippen MR) is 92.8 cm³/mol. The molecule has 0 bridgehead atoms. The SMILES string of the molecule is CCN(CC(=O)O)C1CC(NC(=O)NC2COc3ccccc3C2)C1. The molecule has 1 fully saturated rings. The van der Waals surface area contributed by atoms with Crippen LogP contribution in [0.5, 0.6) is 5.75 Å². The molecule has 0 saturated heterocycles. The zero-order valence-corrected chi connectivity index (χ0v) is 14.4. The van der Waals surface area contributed by atoms with Gasteiger partial charge in [0.15, 0.2) is 0 Å². The zero-order valence-electron chi connectivity index (χ0n) is 14.4. The monoisotopic (exact) mass is 347 g/mol. The number of likely N-dealkylation sites (N-methyl/N-ethyl adjacent to an activating group) is 1. The molecule has 1 atom stereocenters. The van der Waals surface area contributed by atoms with Crippen molar-refractivity contribution >= 4 is 12.0 Å². The van der Waals surface area contributed by atoms with Gasteiger partial charge in [0.1, 0.15) is 12.4 Å². The molecule has 0 aromatic heterocycles. The smallest absolute Gasteiger partial charge is 0.317 e. The average molecular weight is 347 g/mol. The van der Waals surface area contributed by atoms with Crippen LogP contribution in [0, 0.1) is 0 Å². The van der Waals surface area contributed by atoms with Crippen molar-refractivity contribution in [2.24, 2.45) is 0 Å². The van der Waals surface area contributed by atoms with Crippen molar-refractivity contribution in [1.29, 1.82) is 0 Å². The Morgan fingerprint density at radius 3 is 2.68 bits per heavy atom. The minimum absolute atomic E-state index is 0.0371. The van der Waals surface area contributed by atoms with Crippen molar-refractivity contribution in [1.82, 2.24) is 15.5 Å². The van der Waals surface area contributed by atoms with Crippen LogP contribution in [0.25, 0.3) is 0 Å². The van der Waals surface area contributed by atoms with E-state index in [2.05, 4.69) is 10.6 Å². The second-order valence-electron chi connectivity index (χ2n) is 6.72. The van der Waals surface area contributed by atoms with Gasteiger partial charge in [-0.2, -0.15) is 0 Å². The van der Waals surface area contributed by atoms with Gasteiger partial charge in [0.25, 0.3) is 0 Å². The van der Waals surface area contributed by atoms with Crippen molar-refractivity contribution in [3.8, 4) is 5.75 Å². The van der Waals surface area contributed by atoms with Gasteiger partial charge in [-0.3, -0.25) is 9.69 Å². The fourth-order valence-electron chi connectivity index (χ4n) is 3.51. The van der Waals surface area contributed by atoms with Gasteiger partial charge in [-0.25, -0.2) is 4.79 Å². The minimum Gasteiger partial charge on any atom is -0.491 e. The number of aliphatic carboxylic acids is 1. The van der Waals surface area contributed by atoms with Gasteiger partial charge in [-0.05, 0) is 37.4 Å². The van der Waals surface area contributed by atoms with Gasteiger partial charge in [0.2, 0.25) is 0 Å². The zero-order chi connectivity index (χ0) is 17.8. The quantitative estimate of drug-likeness (QED) is 0.720. The maximum atomic E-state index is 12.2. The van der Waals surface area contributed by atoms with Crippen LogP contribution < -0.4 is 15.4 Å². The molecule has 2 aliphatic rings. The first kappa shape index (κ1) is 17.5. The summed E-state index contributed by atoms with van der Waals surface area (Å²) >= 11 is 0. The van der Waals surface area contributed by atoms with Gasteiger partial charge in [0, 0.05) is 12.1 Å². The first-order chi connectivity index (χ1) is 12.0. The highest BCUT2D eigenvalue weighted by atomic mass is 16.5. The lowest BCUT2D eigenvalue weighted by Gasteiger charge is -2.42. The number of carboxylic acid groups (broad SMARTS) is 1. The van der Waals surface area contributed by atoms with Crippen LogP contribution in [0.2, 0.25) is 0 Å². The number of amides is 2. The van der Waals surface area contributed by atoms with Gasteiger partial charge < -0.3 is 20.5 Å². The molecule has 1 aromatic rings. The van der Waals surface area contributed by atoms with Crippen molar-refractivity contribution in [3.63, 3.8) is 0 Å². The topological polar surface area (TPSA) is 90.9 Å². The van der Waals surface area contributed by atoms with E-state index in [1.165, 1.54) is 0 Å². The maximum Gasteiger partial charge on any atom is 0.317 e. The van der Waals surface area contributed by atoms with E-state index in [0.717, 1.165) is 30.6 Å². The highest BCUT2D eigenvalue weighted by Crippen LogP contribution is 2.26. The molecule has 1 aliphatic heterocycles. The standard InChI is InChI=1S/C18H25N3O4/c1-2-21(10-17(22)23)15-8-13(9-15)19-18(24)20-14-7-12-5-3-4-6-16(12)25-11-14/h3-6,13-15H,2,7-11H2,1H3,(H,22,23)(H2,19,20,24). The lowest BCUT2D eigenvalue weighted by atomic mass is 9.85. The van der Waals surface area contributed by atoms with Crippen LogP contribution in [0.3, 0.4) is 0 Å². The highest BCUT2D eigenvalue weighted by molar-refractivity contribution is 5.75. The summed E-state index contributed by atoms with van der Waals surface area (Å²) in [4.78, 5) is 24.9. The summed E-state index contributed by atoms with van der Waals surface area (Å²) in [6, 6.07) is 7.98. The van der Waals surface area contributed by atoms with Crippen LogP contribution in [0.4, 0.5) is 4.79 Å². The molecular formula is C18H25N3O4. The lowest BCUT2D eigenvalue weighted by Crippen LogP contribution is -2.57. The number of nitrogens with one attached hydrogen (secondary N) is 2. The first-order valence-electron chi connectivity index (χ1n) is 8.78. The molecule has 7 heteroatoms. The number of nitrogens with zero attached hydrogens (tertiary/aromatic N) is 1.